The minimum atomic E-state index is -0.137. The Hall–Kier alpha value is -2.75. The number of aromatic nitrogens is 2. The maximum atomic E-state index is 12.5. The van der Waals surface area contributed by atoms with Crippen molar-refractivity contribution < 1.29 is 4.79 Å². The molecule has 0 saturated heterocycles. The Kier molecular flexibility index (Phi) is 3.60. The number of amides is 1. The standard InChI is InChI=1S/C17H15N3O/c1-2-12-5-6-15(14-4-3-9-19-16(12)14)17(21)20-13-7-10-18-11-8-13/h3-11H,2H2,1H3,(H,18,20,21). The van der Waals surface area contributed by atoms with Gasteiger partial charge in [-0.1, -0.05) is 19.1 Å². The van der Waals surface area contributed by atoms with Gasteiger partial charge in [-0.2, -0.15) is 0 Å². The summed E-state index contributed by atoms with van der Waals surface area (Å²) in [6.45, 7) is 2.08. The van der Waals surface area contributed by atoms with E-state index in [0.717, 1.165) is 28.6 Å². The second-order valence-corrected chi connectivity index (χ2v) is 4.72. The fourth-order valence-corrected chi connectivity index (χ4v) is 2.35. The topological polar surface area (TPSA) is 54.9 Å². The Morgan fingerprint density at radius 3 is 2.67 bits per heavy atom. The number of carbonyl (C=O) groups is 1. The summed E-state index contributed by atoms with van der Waals surface area (Å²) in [6.07, 6.45) is 5.94. The van der Waals surface area contributed by atoms with Gasteiger partial charge in [-0.25, -0.2) is 0 Å². The van der Waals surface area contributed by atoms with Crippen LogP contribution in [0.3, 0.4) is 0 Å². The third-order valence-electron chi connectivity index (χ3n) is 3.42. The molecule has 0 aliphatic carbocycles. The predicted octanol–water partition coefficient (Wildman–Crippen LogP) is 3.44. The largest absolute Gasteiger partial charge is 0.322 e. The third-order valence-corrected chi connectivity index (χ3v) is 3.42. The van der Waals surface area contributed by atoms with Gasteiger partial charge < -0.3 is 5.32 Å². The normalized spacial score (nSPS) is 10.5. The molecule has 0 aliphatic heterocycles. The van der Waals surface area contributed by atoms with Crippen LogP contribution in [0.2, 0.25) is 0 Å². The van der Waals surface area contributed by atoms with Crippen LogP contribution in [0.5, 0.6) is 0 Å². The number of aryl methyl sites for hydroxylation is 1. The van der Waals surface area contributed by atoms with Crippen molar-refractivity contribution in [2.45, 2.75) is 13.3 Å². The van der Waals surface area contributed by atoms with Crippen molar-refractivity contribution in [1.29, 1.82) is 0 Å². The first-order valence-corrected chi connectivity index (χ1v) is 6.87. The molecule has 0 radical (unpaired) electrons. The van der Waals surface area contributed by atoms with E-state index in [0.29, 0.717) is 5.56 Å². The van der Waals surface area contributed by atoms with Crippen LogP contribution in [-0.4, -0.2) is 15.9 Å². The van der Waals surface area contributed by atoms with Crippen LogP contribution in [0.15, 0.2) is 55.0 Å². The van der Waals surface area contributed by atoms with Gasteiger partial charge in [-0.15, -0.1) is 0 Å². The molecule has 0 fully saturated rings. The molecule has 0 saturated carbocycles. The lowest BCUT2D eigenvalue weighted by molar-refractivity contribution is 0.102. The first-order chi connectivity index (χ1) is 10.3. The van der Waals surface area contributed by atoms with Crippen molar-refractivity contribution >= 4 is 22.5 Å². The van der Waals surface area contributed by atoms with E-state index in [9.17, 15) is 4.79 Å². The Bertz CT molecular complexity index is 784. The molecule has 2 heterocycles. The molecule has 1 amide bonds. The van der Waals surface area contributed by atoms with E-state index in [4.69, 9.17) is 0 Å². The molecule has 0 aliphatic rings. The van der Waals surface area contributed by atoms with Crippen LogP contribution in [0, 0.1) is 0 Å². The number of nitrogens with one attached hydrogen (secondary N) is 1. The van der Waals surface area contributed by atoms with Crippen LogP contribution < -0.4 is 5.32 Å². The maximum Gasteiger partial charge on any atom is 0.256 e. The number of fused-ring (bicyclic) bond motifs is 1. The highest BCUT2D eigenvalue weighted by atomic mass is 16.1. The lowest BCUT2D eigenvalue weighted by Gasteiger charge is -2.10. The maximum absolute atomic E-state index is 12.5. The van der Waals surface area contributed by atoms with E-state index in [1.165, 1.54) is 0 Å². The Balaban J connectivity index is 2.03. The van der Waals surface area contributed by atoms with Gasteiger partial charge in [-0.05, 0) is 36.2 Å². The fourth-order valence-electron chi connectivity index (χ4n) is 2.35. The van der Waals surface area contributed by atoms with Gasteiger partial charge in [-0.3, -0.25) is 14.8 Å². The Labute approximate surface area is 122 Å². The summed E-state index contributed by atoms with van der Waals surface area (Å²) in [5.74, 6) is -0.137. The van der Waals surface area contributed by atoms with Crippen molar-refractivity contribution in [1.82, 2.24) is 9.97 Å². The summed E-state index contributed by atoms with van der Waals surface area (Å²) < 4.78 is 0. The van der Waals surface area contributed by atoms with E-state index < -0.39 is 0 Å². The van der Waals surface area contributed by atoms with E-state index in [1.54, 1.807) is 30.7 Å². The highest BCUT2D eigenvalue weighted by Crippen LogP contribution is 2.22. The summed E-state index contributed by atoms with van der Waals surface area (Å²) in [4.78, 5) is 20.8. The van der Waals surface area contributed by atoms with Crippen LogP contribution in [-0.2, 0) is 6.42 Å². The van der Waals surface area contributed by atoms with Crippen molar-refractivity contribution in [3.05, 3.63) is 66.1 Å². The summed E-state index contributed by atoms with van der Waals surface area (Å²) in [5, 5.41) is 3.76. The molecule has 0 unspecified atom stereocenters. The molecule has 4 nitrogen and oxygen atoms in total. The predicted molar refractivity (Wildman–Crippen MR) is 83.3 cm³/mol. The molecule has 0 spiro atoms. The van der Waals surface area contributed by atoms with E-state index in [-0.39, 0.29) is 5.91 Å². The van der Waals surface area contributed by atoms with Crippen molar-refractivity contribution in [2.75, 3.05) is 5.32 Å². The molecule has 104 valence electrons. The summed E-state index contributed by atoms with van der Waals surface area (Å²) >= 11 is 0. The zero-order chi connectivity index (χ0) is 14.7. The van der Waals surface area contributed by atoms with Gasteiger partial charge >= 0.3 is 0 Å². The molecular weight excluding hydrogens is 262 g/mol. The number of nitrogens with zero attached hydrogens (tertiary/aromatic N) is 2. The summed E-state index contributed by atoms with van der Waals surface area (Å²) in [6, 6.07) is 11.1. The quantitative estimate of drug-likeness (QED) is 0.797. The molecule has 3 rings (SSSR count). The molecule has 1 N–H and O–H groups in total. The second-order valence-electron chi connectivity index (χ2n) is 4.72. The number of hydrogen-bond acceptors (Lipinski definition) is 3. The smallest absolute Gasteiger partial charge is 0.256 e. The summed E-state index contributed by atoms with van der Waals surface area (Å²) in [7, 11) is 0. The number of rotatable bonds is 3. The second kappa shape index (κ2) is 5.71. The number of carbonyl (C=O) groups excluding carboxylic acids is 1. The lowest BCUT2D eigenvalue weighted by atomic mass is 10.0. The molecule has 4 heteroatoms. The first kappa shape index (κ1) is 13.2. The van der Waals surface area contributed by atoms with Crippen LogP contribution >= 0.6 is 0 Å². The van der Waals surface area contributed by atoms with E-state index in [1.807, 2.05) is 24.3 Å². The van der Waals surface area contributed by atoms with Gasteiger partial charge in [0.1, 0.15) is 0 Å². The Morgan fingerprint density at radius 1 is 1.10 bits per heavy atom. The molecule has 2 aromatic heterocycles. The fraction of sp³-hybridized carbons (Fsp3) is 0.118. The third kappa shape index (κ3) is 2.60. The Morgan fingerprint density at radius 2 is 1.90 bits per heavy atom. The van der Waals surface area contributed by atoms with E-state index in [2.05, 4.69) is 22.2 Å². The van der Waals surface area contributed by atoms with Crippen molar-refractivity contribution in [2.24, 2.45) is 0 Å². The molecule has 0 bridgehead atoms. The lowest BCUT2D eigenvalue weighted by Crippen LogP contribution is -2.12. The minimum absolute atomic E-state index is 0.137. The van der Waals surface area contributed by atoms with Gasteiger partial charge in [0.05, 0.1) is 5.52 Å². The monoisotopic (exact) mass is 277 g/mol. The highest BCUT2D eigenvalue weighted by molar-refractivity contribution is 6.12. The average molecular weight is 277 g/mol. The average Bonchev–Trinajstić information content (AvgIpc) is 2.54. The molecular formula is C17H15N3O. The van der Waals surface area contributed by atoms with Gasteiger partial charge in [0.2, 0.25) is 0 Å². The van der Waals surface area contributed by atoms with Crippen molar-refractivity contribution in [3.8, 4) is 0 Å². The zero-order valence-electron chi connectivity index (χ0n) is 11.7. The molecule has 0 atom stereocenters. The minimum Gasteiger partial charge on any atom is -0.322 e. The summed E-state index contributed by atoms with van der Waals surface area (Å²) in [5.41, 5.74) is 3.40. The van der Waals surface area contributed by atoms with Gasteiger partial charge in [0, 0.05) is 35.2 Å². The molecule has 21 heavy (non-hydrogen) atoms. The highest BCUT2D eigenvalue weighted by Gasteiger charge is 2.12. The SMILES string of the molecule is CCc1ccc(C(=O)Nc2ccncc2)c2cccnc12. The van der Waals surface area contributed by atoms with Crippen LogP contribution in [0.25, 0.3) is 10.9 Å². The zero-order valence-corrected chi connectivity index (χ0v) is 11.7. The number of benzene rings is 1. The molecule has 1 aromatic carbocycles. The van der Waals surface area contributed by atoms with Crippen molar-refractivity contribution in [3.63, 3.8) is 0 Å². The van der Waals surface area contributed by atoms with E-state index >= 15 is 0 Å². The molecule has 3 aromatic rings. The number of hydrogen-bond donors (Lipinski definition) is 1. The van der Waals surface area contributed by atoms with Crippen LogP contribution in [0.1, 0.15) is 22.8 Å². The van der Waals surface area contributed by atoms with Gasteiger partial charge in [0.25, 0.3) is 5.91 Å². The first-order valence-electron chi connectivity index (χ1n) is 6.87. The van der Waals surface area contributed by atoms with Gasteiger partial charge in [0.15, 0.2) is 0 Å². The van der Waals surface area contributed by atoms with Crippen LogP contribution in [0.4, 0.5) is 5.69 Å². The number of pyridine rings is 2. The number of anilines is 1.